The minimum Gasteiger partial charge on any atom is -0.376 e. The van der Waals surface area contributed by atoms with E-state index in [0.717, 1.165) is 5.56 Å². The summed E-state index contributed by atoms with van der Waals surface area (Å²) in [5.74, 6) is 5.70. The number of hydrogen-bond donors (Lipinski definition) is 2. The Morgan fingerprint density at radius 3 is 2.29 bits per heavy atom. The van der Waals surface area contributed by atoms with Crippen LogP contribution in [0.5, 0.6) is 0 Å². The van der Waals surface area contributed by atoms with Crippen LogP contribution in [0.1, 0.15) is 11.6 Å². The summed E-state index contributed by atoms with van der Waals surface area (Å²) < 4.78 is 11.2. The lowest BCUT2D eigenvalue weighted by Crippen LogP contribution is -2.43. The molecule has 0 aromatic heterocycles. The Balaban J connectivity index is 1.79. The lowest BCUT2D eigenvalue weighted by atomic mass is 9.98. The van der Waals surface area contributed by atoms with Crippen LogP contribution in [0.15, 0.2) is 54.6 Å². The van der Waals surface area contributed by atoms with Crippen molar-refractivity contribution in [3.8, 4) is 11.1 Å². The van der Waals surface area contributed by atoms with Crippen LogP contribution in [-0.2, 0) is 9.47 Å². The van der Waals surface area contributed by atoms with Gasteiger partial charge in [-0.2, -0.15) is 0 Å². The number of ether oxygens (including phenoxy) is 2. The number of hydrogen-bond acceptors (Lipinski definition) is 4. The summed E-state index contributed by atoms with van der Waals surface area (Å²) in [6, 6.07) is 18.6. The molecule has 1 aliphatic rings. The van der Waals surface area contributed by atoms with Gasteiger partial charge in [-0.3, -0.25) is 11.3 Å². The standard InChI is InChI=1S/C17H20N2O2/c18-19-17(16-12-20-10-11-21-16)15-8-6-14(7-9-15)13-4-2-1-3-5-13/h1-9,16-17,19H,10-12,18H2. The maximum Gasteiger partial charge on any atom is 0.102 e. The Kier molecular flexibility index (Phi) is 4.62. The highest BCUT2D eigenvalue weighted by molar-refractivity contribution is 5.63. The van der Waals surface area contributed by atoms with E-state index in [0.29, 0.717) is 19.8 Å². The molecule has 2 aromatic rings. The predicted molar refractivity (Wildman–Crippen MR) is 82.5 cm³/mol. The number of nitrogens with two attached hydrogens (primary N) is 1. The molecule has 4 heteroatoms. The Labute approximate surface area is 124 Å². The highest BCUT2D eigenvalue weighted by Gasteiger charge is 2.25. The molecule has 1 fully saturated rings. The molecule has 3 rings (SSSR count). The van der Waals surface area contributed by atoms with Gasteiger partial charge in [0, 0.05) is 0 Å². The molecule has 110 valence electrons. The molecule has 21 heavy (non-hydrogen) atoms. The van der Waals surface area contributed by atoms with E-state index < -0.39 is 0 Å². The van der Waals surface area contributed by atoms with Crippen molar-refractivity contribution in [1.82, 2.24) is 5.43 Å². The maximum atomic E-state index is 5.73. The zero-order valence-electron chi connectivity index (χ0n) is 11.9. The molecule has 2 unspecified atom stereocenters. The number of rotatable bonds is 4. The molecule has 0 amide bonds. The van der Waals surface area contributed by atoms with Crippen molar-refractivity contribution in [1.29, 1.82) is 0 Å². The molecule has 1 aliphatic heterocycles. The van der Waals surface area contributed by atoms with E-state index in [2.05, 4.69) is 41.8 Å². The number of benzene rings is 2. The van der Waals surface area contributed by atoms with E-state index >= 15 is 0 Å². The van der Waals surface area contributed by atoms with Gasteiger partial charge in [0.1, 0.15) is 6.10 Å². The molecule has 3 N–H and O–H groups in total. The third-order valence-corrected chi connectivity index (χ3v) is 3.77. The zero-order valence-corrected chi connectivity index (χ0v) is 11.9. The summed E-state index contributed by atoms with van der Waals surface area (Å²) >= 11 is 0. The molecule has 0 bridgehead atoms. The van der Waals surface area contributed by atoms with Gasteiger partial charge in [-0.1, -0.05) is 54.6 Å². The molecule has 0 saturated carbocycles. The average molecular weight is 284 g/mol. The van der Waals surface area contributed by atoms with Gasteiger partial charge in [0.2, 0.25) is 0 Å². The summed E-state index contributed by atoms with van der Waals surface area (Å²) in [7, 11) is 0. The first-order valence-electron chi connectivity index (χ1n) is 7.19. The third kappa shape index (κ3) is 3.31. The lowest BCUT2D eigenvalue weighted by molar-refractivity contribution is -0.102. The molecule has 1 saturated heterocycles. The average Bonchev–Trinajstić information content (AvgIpc) is 2.58. The van der Waals surface area contributed by atoms with E-state index in [1.54, 1.807) is 0 Å². The first-order chi connectivity index (χ1) is 10.4. The fourth-order valence-electron chi connectivity index (χ4n) is 2.63. The van der Waals surface area contributed by atoms with Gasteiger partial charge in [-0.25, -0.2) is 0 Å². The highest BCUT2D eigenvalue weighted by Crippen LogP contribution is 2.25. The summed E-state index contributed by atoms with van der Waals surface area (Å²) in [5, 5.41) is 0. The zero-order chi connectivity index (χ0) is 14.5. The van der Waals surface area contributed by atoms with Crippen molar-refractivity contribution in [2.24, 2.45) is 5.84 Å². The van der Waals surface area contributed by atoms with Crippen LogP contribution in [0.4, 0.5) is 0 Å². The molecule has 4 nitrogen and oxygen atoms in total. The smallest absolute Gasteiger partial charge is 0.102 e. The Bertz CT molecular complexity index is 551. The van der Waals surface area contributed by atoms with Gasteiger partial charge < -0.3 is 9.47 Å². The van der Waals surface area contributed by atoms with Crippen molar-refractivity contribution < 1.29 is 9.47 Å². The van der Waals surface area contributed by atoms with E-state index in [1.165, 1.54) is 11.1 Å². The van der Waals surface area contributed by atoms with Crippen LogP contribution < -0.4 is 11.3 Å². The predicted octanol–water partition coefficient (Wildman–Crippen LogP) is 2.27. The number of nitrogens with one attached hydrogen (secondary N) is 1. The van der Waals surface area contributed by atoms with E-state index in [1.807, 2.05) is 18.2 Å². The van der Waals surface area contributed by atoms with Crippen LogP contribution >= 0.6 is 0 Å². The van der Waals surface area contributed by atoms with Crippen LogP contribution in [0, 0.1) is 0 Å². The van der Waals surface area contributed by atoms with Gasteiger partial charge in [0.05, 0.1) is 25.9 Å². The topological polar surface area (TPSA) is 56.5 Å². The second-order valence-electron chi connectivity index (χ2n) is 5.12. The van der Waals surface area contributed by atoms with Crippen molar-refractivity contribution in [2.45, 2.75) is 12.1 Å². The van der Waals surface area contributed by atoms with E-state index in [-0.39, 0.29) is 12.1 Å². The van der Waals surface area contributed by atoms with Crippen LogP contribution in [-0.4, -0.2) is 25.9 Å². The van der Waals surface area contributed by atoms with Gasteiger partial charge in [0.25, 0.3) is 0 Å². The minimum atomic E-state index is -0.0601. The third-order valence-electron chi connectivity index (χ3n) is 3.77. The fourth-order valence-corrected chi connectivity index (χ4v) is 2.63. The summed E-state index contributed by atoms with van der Waals surface area (Å²) in [6.07, 6.45) is -0.0497. The molecule has 0 spiro atoms. The first-order valence-corrected chi connectivity index (χ1v) is 7.19. The molecular formula is C17H20N2O2. The molecular weight excluding hydrogens is 264 g/mol. The van der Waals surface area contributed by atoms with Gasteiger partial charge in [0.15, 0.2) is 0 Å². The fraction of sp³-hybridized carbons (Fsp3) is 0.294. The molecule has 2 atom stereocenters. The Morgan fingerprint density at radius 1 is 0.952 bits per heavy atom. The second-order valence-corrected chi connectivity index (χ2v) is 5.12. The van der Waals surface area contributed by atoms with Crippen molar-refractivity contribution in [2.75, 3.05) is 19.8 Å². The van der Waals surface area contributed by atoms with Crippen LogP contribution in [0.25, 0.3) is 11.1 Å². The van der Waals surface area contributed by atoms with Gasteiger partial charge >= 0.3 is 0 Å². The Hall–Kier alpha value is -1.72. The Morgan fingerprint density at radius 2 is 1.67 bits per heavy atom. The van der Waals surface area contributed by atoms with Crippen LogP contribution in [0.3, 0.4) is 0 Å². The molecule has 1 heterocycles. The first kappa shape index (κ1) is 14.2. The SMILES string of the molecule is NNC(c1ccc(-c2ccccc2)cc1)C1COCCO1. The van der Waals surface area contributed by atoms with Crippen molar-refractivity contribution in [3.05, 3.63) is 60.2 Å². The molecule has 0 radical (unpaired) electrons. The molecule has 2 aromatic carbocycles. The monoisotopic (exact) mass is 284 g/mol. The lowest BCUT2D eigenvalue weighted by Gasteiger charge is -2.30. The quantitative estimate of drug-likeness (QED) is 0.668. The number of hydrazine groups is 1. The maximum absolute atomic E-state index is 5.73. The summed E-state index contributed by atoms with van der Waals surface area (Å²) in [5.41, 5.74) is 6.34. The summed E-state index contributed by atoms with van der Waals surface area (Å²) in [4.78, 5) is 0. The van der Waals surface area contributed by atoms with Gasteiger partial charge in [-0.05, 0) is 16.7 Å². The second kappa shape index (κ2) is 6.83. The largest absolute Gasteiger partial charge is 0.376 e. The van der Waals surface area contributed by atoms with E-state index in [4.69, 9.17) is 15.3 Å². The van der Waals surface area contributed by atoms with Crippen LogP contribution in [0.2, 0.25) is 0 Å². The minimum absolute atomic E-state index is 0.0497. The van der Waals surface area contributed by atoms with E-state index in [9.17, 15) is 0 Å². The normalized spacial score (nSPS) is 20.1. The molecule has 0 aliphatic carbocycles. The van der Waals surface area contributed by atoms with Crippen molar-refractivity contribution >= 4 is 0 Å². The van der Waals surface area contributed by atoms with Gasteiger partial charge in [-0.15, -0.1) is 0 Å². The summed E-state index contributed by atoms with van der Waals surface area (Å²) in [6.45, 7) is 1.83. The highest BCUT2D eigenvalue weighted by atomic mass is 16.6. The van der Waals surface area contributed by atoms with Crippen molar-refractivity contribution in [3.63, 3.8) is 0 Å².